The summed E-state index contributed by atoms with van der Waals surface area (Å²) in [6.45, 7) is 15.6. The van der Waals surface area contributed by atoms with Crippen LogP contribution in [0.15, 0.2) is 0 Å². The molecule has 0 spiro atoms. The Hall–Kier alpha value is 0. The van der Waals surface area contributed by atoms with E-state index in [9.17, 15) is 0 Å². The van der Waals surface area contributed by atoms with Crippen LogP contribution in [0.1, 0.15) is 53.9 Å². The molecular formula is C12H25. The highest BCUT2D eigenvalue weighted by Crippen LogP contribution is 2.35. The lowest BCUT2D eigenvalue weighted by Crippen LogP contribution is -2.22. The van der Waals surface area contributed by atoms with E-state index in [1.54, 1.807) is 0 Å². The van der Waals surface area contributed by atoms with E-state index in [4.69, 9.17) is 0 Å². The van der Waals surface area contributed by atoms with Gasteiger partial charge in [-0.1, -0.05) is 48.0 Å². The van der Waals surface area contributed by atoms with Gasteiger partial charge in [0.05, 0.1) is 0 Å². The molecule has 0 rings (SSSR count). The zero-order valence-corrected chi connectivity index (χ0v) is 9.48. The third-order valence-electron chi connectivity index (χ3n) is 2.98. The normalized spacial score (nSPS) is 15.2. The molecule has 0 fully saturated rings. The van der Waals surface area contributed by atoms with E-state index >= 15 is 0 Å². The van der Waals surface area contributed by atoms with E-state index in [1.807, 2.05) is 0 Å². The third-order valence-corrected chi connectivity index (χ3v) is 2.98. The fourth-order valence-electron chi connectivity index (χ4n) is 1.81. The van der Waals surface area contributed by atoms with Crippen molar-refractivity contribution in [3.05, 3.63) is 6.92 Å². The second-order valence-electron chi connectivity index (χ2n) is 4.98. The maximum atomic E-state index is 4.05. The molecule has 2 atom stereocenters. The van der Waals surface area contributed by atoms with Gasteiger partial charge < -0.3 is 0 Å². The first kappa shape index (κ1) is 12.0. The zero-order chi connectivity index (χ0) is 9.78. The molecule has 0 aliphatic rings. The minimum absolute atomic E-state index is 0.501. The molecule has 0 nitrogen and oxygen atoms in total. The summed E-state index contributed by atoms with van der Waals surface area (Å²) in [4.78, 5) is 0. The van der Waals surface area contributed by atoms with Crippen LogP contribution in [-0.4, -0.2) is 0 Å². The Morgan fingerprint density at radius 2 is 1.75 bits per heavy atom. The smallest absolute Gasteiger partial charge is 0.0329 e. The number of hydrogen-bond acceptors (Lipinski definition) is 0. The van der Waals surface area contributed by atoms with E-state index in [-0.39, 0.29) is 0 Å². The molecule has 0 saturated carbocycles. The van der Waals surface area contributed by atoms with Crippen LogP contribution in [0.5, 0.6) is 0 Å². The van der Waals surface area contributed by atoms with Gasteiger partial charge in [-0.2, -0.15) is 0 Å². The predicted octanol–water partition coefficient (Wildman–Crippen LogP) is 4.31. The molecule has 0 saturated heterocycles. The molecule has 0 aromatic heterocycles. The highest BCUT2D eigenvalue weighted by Gasteiger charge is 2.24. The van der Waals surface area contributed by atoms with Gasteiger partial charge in [0, 0.05) is 0 Å². The minimum atomic E-state index is 0.501. The van der Waals surface area contributed by atoms with Gasteiger partial charge in [-0.25, -0.2) is 0 Å². The fraction of sp³-hybridized carbons (Fsp3) is 0.917. The van der Waals surface area contributed by atoms with Crippen LogP contribution < -0.4 is 0 Å². The second-order valence-corrected chi connectivity index (χ2v) is 4.98. The summed E-state index contributed by atoms with van der Waals surface area (Å²) in [5.74, 6) is 1.39. The lowest BCUT2D eigenvalue weighted by molar-refractivity contribution is 0.186. The molecule has 1 radical (unpaired) electrons. The number of hydrogen-bond donors (Lipinski definition) is 0. The summed E-state index contributed by atoms with van der Waals surface area (Å²) < 4.78 is 0. The number of rotatable bonds is 5. The second kappa shape index (κ2) is 4.89. The van der Waals surface area contributed by atoms with Gasteiger partial charge in [0.25, 0.3) is 0 Å². The van der Waals surface area contributed by atoms with Crippen LogP contribution in [0.4, 0.5) is 0 Å². The monoisotopic (exact) mass is 169 g/mol. The maximum absolute atomic E-state index is 4.05. The quantitative estimate of drug-likeness (QED) is 0.575. The Morgan fingerprint density at radius 3 is 2.08 bits per heavy atom. The van der Waals surface area contributed by atoms with Gasteiger partial charge in [-0.05, 0) is 30.1 Å². The van der Waals surface area contributed by atoms with Crippen molar-refractivity contribution >= 4 is 0 Å². The van der Waals surface area contributed by atoms with Gasteiger partial charge in [0.1, 0.15) is 0 Å². The third kappa shape index (κ3) is 4.13. The van der Waals surface area contributed by atoms with Crippen LogP contribution in [0.25, 0.3) is 0 Å². The summed E-state index contributed by atoms with van der Waals surface area (Å²) in [6, 6.07) is 0. The molecule has 0 N–H and O–H groups in total. The summed E-state index contributed by atoms with van der Waals surface area (Å²) in [6.07, 6.45) is 3.89. The van der Waals surface area contributed by atoms with Crippen molar-refractivity contribution in [2.45, 2.75) is 53.9 Å². The molecule has 12 heavy (non-hydrogen) atoms. The van der Waals surface area contributed by atoms with Crippen molar-refractivity contribution in [2.75, 3.05) is 0 Å². The van der Waals surface area contributed by atoms with Crippen molar-refractivity contribution in [1.82, 2.24) is 0 Å². The Balaban J connectivity index is 3.96. The Kier molecular flexibility index (Phi) is 4.89. The Labute approximate surface area is 78.8 Å². The Morgan fingerprint density at radius 1 is 1.25 bits per heavy atom. The fourth-order valence-corrected chi connectivity index (χ4v) is 1.81. The summed E-state index contributed by atoms with van der Waals surface area (Å²) >= 11 is 0. The van der Waals surface area contributed by atoms with Gasteiger partial charge in [0.15, 0.2) is 0 Å². The maximum Gasteiger partial charge on any atom is -0.0329 e. The largest absolute Gasteiger partial charge is 0.0654 e. The first-order chi connectivity index (χ1) is 5.40. The molecule has 0 aliphatic carbocycles. The van der Waals surface area contributed by atoms with E-state index in [2.05, 4.69) is 41.5 Å². The van der Waals surface area contributed by atoms with Gasteiger partial charge >= 0.3 is 0 Å². The average molecular weight is 169 g/mol. The molecule has 0 amide bonds. The molecule has 0 aliphatic heterocycles. The van der Waals surface area contributed by atoms with Crippen LogP contribution in [-0.2, 0) is 0 Å². The lowest BCUT2D eigenvalue weighted by Gasteiger charge is -2.32. The Bertz CT molecular complexity index is 111. The first-order valence-corrected chi connectivity index (χ1v) is 5.23. The first-order valence-electron chi connectivity index (χ1n) is 5.23. The molecule has 0 heterocycles. The molecule has 2 unspecified atom stereocenters. The summed E-state index contributed by atoms with van der Waals surface area (Å²) in [5, 5.41) is 0. The van der Waals surface area contributed by atoms with Crippen LogP contribution in [0, 0.1) is 24.2 Å². The molecule has 0 bridgehead atoms. The SMILES string of the molecule is [CH2]C(C)CC(C)C(C)(C)CCC. The zero-order valence-electron chi connectivity index (χ0n) is 9.48. The van der Waals surface area contributed by atoms with Crippen LogP contribution >= 0.6 is 0 Å². The van der Waals surface area contributed by atoms with Crippen molar-refractivity contribution in [2.24, 2.45) is 17.3 Å². The lowest BCUT2D eigenvalue weighted by atomic mass is 9.73. The van der Waals surface area contributed by atoms with Gasteiger partial charge in [-0.15, -0.1) is 0 Å². The molecule has 0 heteroatoms. The minimum Gasteiger partial charge on any atom is -0.0654 e. The molecule has 73 valence electrons. The average Bonchev–Trinajstić information content (AvgIpc) is 1.85. The van der Waals surface area contributed by atoms with E-state index < -0.39 is 0 Å². The highest BCUT2D eigenvalue weighted by molar-refractivity contribution is 4.76. The molecule has 0 aromatic carbocycles. The predicted molar refractivity (Wildman–Crippen MR) is 57.0 cm³/mol. The molecule has 0 aromatic rings. The summed E-state index contributed by atoms with van der Waals surface area (Å²) in [5.41, 5.74) is 0.501. The highest BCUT2D eigenvalue weighted by atomic mass is 14.3. The van der Waals surface area contributed by atoms with E-state index in [0.717, 1.165) is 5.92 Å². The van der Waals surface area contributed by atoms with E-state index in [1.165, 1.54) is 19.3 Å². The van der Waals surface area contributed by atoms with Crippen molar-refractivity contribution < 1.29 is 0 Å². The molecular weight excluding hydrogens is 144 g/mol. The standard InChI is InChI=1S/C12H25/c1-7-8-12(5,6)11(4)9-10(2)3/h10-11H,2,7-9H2,1,3-6H3. The van der Waals surface area contributed by atoms with Gasteiger partial charge in [-0.3, -0.25) is 0 Å². The van der Waals surface area contributed by atoms with E-state index in [0.29, 0.717) is 11.3 Å². The van der Waals surface area contributed by atoms with Gasteiger partial charge in [0.2, 0.25) is 0 Å². The van der Waals surface area contributed by atoms with Crippen molar-refractivity contribution in [3.8, 4) is 0 Å². The van der Waals surface area contributed by atoms with Crippen LogP contribution in [0.2, 0.25) is 0 Å². The summed E-state index contributed by atoms with van der Waals surface area (Å²) in [7, 11) is 0. The van der Waals surface area contributed by atoms with Crippen LogP contribution in [0.3, 0.4) is 0 Å². The van der Waals surface area contributed by atoms with Crippen molar-refractivity contribution in [1.29, 1.82) is 0 Å². The topological polar surface area (TPSA) is 0 Å². The van der Waals surface area contributed by atoms with Crippen molar-refractivity contribution in [3.63, 3.8) is 0 Å².